The number of primary amides is 1. The van der Waals surface area contributed by atoms with E-state index in [1.54, 1.807) is 7.11 Å². The van der Waals surface area contributed by atoms with Crippen molar-refractivity contribution < 1.29 is 14.6 Å². The molecule has 1 aromatic rings. The average molecular weight is 306 g/mol. The first-order valence-corrected chi connectivity index (χ1v) is 7.93. The van der Waals surface area contributed by atoms with Crippen LogP contribution in [0, 0.1) is 5.92 Å². The highest BCUT2D eigenvalue weighted by Crippen LogP contribution is 2.22. The average Bonchev–Trinajstić information content (AvgIpc) is 2.55. The van der Waals surface area contributed by atoms with Gasteiger partial charge in [0.25, 0.3) is 0 Å². The van der Waals surface area contributed by atoms with Crippen LogP contribution in [0.15, 0.2) is 24.3 Å². The van der Waals surface area contributed by atoms with E-state index in [0.717, 1.165) is 51.1 Å². The maximum atomic E-state index is 11.0. The summed E-state index contributed by atoms with van der Waals surface area (Å²) in [7, 11) is 1.70. The molecular weight excluding hydrogens is 280 g/mol. The van der Waals surface area contributed by atoms with Crippen molar-refractivity contribution in [3.8, 4) is 5.75 Å². The number of nitrogens with zero attached hydrogens (tertiary/aromatic N) is 1. The molecule has 3 N–H and O–H groups in total. The Morgan fingerprint density at radius 3 is 2.73 bits per heavy atom. The minimum absolute atomic E-state index is 0.0166. The second-order valence-electron chi connectivity index (χ2n) is 5.94. The Balaban J connectivity index is 1.72. The van der Waals surface area contributed by atoms with E-state index in [4.69, 9.17) is 10.5 Å². The number of carbonyl (C=O) groups excluding carboxylic acids is 1. The molecule has 1 aliphatic heterocycles. The molecule has 0 spiro atoms. The number of hydrogen-bond acceptors (Lipinski definition) is 4. The number of piperidine rings is 1. The highest BCUT2D eigenvalue weighted by atomic mass is 16.5. The number of aliphatic hydroxyl groups excluding tert-OH is 1. The normalized spacial score (nSPS) is 18.1. The lowest BCUT2D eigenvalue weighted by molar-refractivity contribution is -0.129. The van der Waals surface area contributed by atoms with Crippen LogP contribution in [0.25, 0.3) is 0 Å². The first-order chi connectivity index (χ1) is 10.6. The van der Waals surface area contributed by atoms with Gasteiger partial charge in [0.15, 0.2) is 0 Å². The number of benzene rings is 1. The van der Waals surface area contributed by atoms with E-state index >= 15 is 0 Å². The van der Waals surface area contributed by atoms with Gasteiger partial charge in [-0.05, 0) is 62.9 Å². The molecule has 1 fully saturated rings. The number of amides is 1. The van der Waals surface area contributed by atoms with Gasteiger partial charge in [0, 0.05) is 0 Å². The minimum atomic E-state index is -0.990. The summed E-state index contributed by atoms with van der Waals surface area (Å²) in [6.07, 6.45) is 2.74. The van der Waals surface area contributed by atoms with E-state index in [0.29, 0.717) is 0 Å². The van der Waals surface area contributed by atoms with Gasteiger partial charge in [-0.3, -0.25) is 4.79 Å². The summed E-state index contributed by atoms with van der Waals surface area (Å²) in [4.78, 5) is 13.4. The summed E-state index contributed by atoms with van der Waals surface area (Å²) < 4.78 is 5.37. The van der Waals surface area contributed by atoms with Gasteiger partial charge < -0.3 is 20.5 Å². The molecule has 1 aromatic carbocycles. The maximum Gasteiger partial charge on any atom is 0.246 e. The molecular formula is C17H26N2O3. The fourth-order valence-electron chi connectivity index (χ4n) is 3.13. The van der Waals surface area contributed by atoms with E-state index in [1.807, 2.05) is 18.2 Å². The molecule has 1 amide bonds. The lowest BCUT2D eigenvalue weighted by atomic mass is 9.91. The predicted octanol–water partition coefficient (Wildman–Crippen LogP) is 1.19. The van der Waals surface area contributed by atoms with E-state index in [2.05, 4.69) is 11.0 Å². The van der Waals surface area contributed by atoms with Crippen molar-refractivity contribution in [2.75, 3.05) is 26.7 Å². The number of aryl methyl sites for hydroxylation is 1. The summed E-state index contributed by atoms with van der Waals surface area (Å²) in [5, 5.41) is 9.71. The number of para-hydroxylation sites is 1. The van der Waals surface area contributed by atoms with Gasteiger partial charge in [0.1, 0.15) is 11.9 Å². The Morgan fingerprint density at radius 2 is 2.09 bits per heavy atom. The van der Waals surface area contributed by atoms with Gasteiger partial charge in [0.2, 0.25) is 5.91 Å². The second kappa shape index (κ2) is 8.15. The maximum absolute atomic E-state index is 11.0. The van der Waals surface area contributed by atoms with Crippen molar-refractivity contribution in [3.05, 3.63) is 29.8 Å². The molecule has 5 heteroatoms. The molecule has 5 nitrogen and oxygen atoms in total. The zero-order valence-corrected chi connectivity index (χ0v) is 13.2. The van der Waals surface area contributed by atoms with Crippen molar-refractivity contribution >= 4 is 5.91 Å². The van der Waals surface area contributed by atoms with Gasteiger partial charge in [-0.2, -0.15) is 0 Å². The van der Waals surface area contributed by atoms with Crippen molar-refractivity contribution in [1.29, 1.82) is 0 Å². The Kier molecular flexibility index (Phi) is 6.21. The minimum Gasteiger partial charge on any atom is -0.496 e. The lowest BCUT2D eigenvalue weighted by Gasteiger charge is -2.33. The third-order valence-electron chi connectivity index (χ3n) is 4.48. The Hall–Kier alpha value is -1.59. The lowest BCUT2D eigenvalue weighted by Crippen LogP contribution is -2.43. The molecule has 0 unspecified atom stereocenters. The molecule has 0 aliphatic carbocycles. The summed E-state index contributed by atoms with van der Waals surface area (Å²) in [5.74, 6) is 0.364. The Morgan fingerprint density at radius 1 is 1.41 bits per heavy atom. The van der Waals surface area contributed by atoms with Crippen LogP contribution in [0.5, 0.6) is 5.75 Å². The SMILES string of the molecule is COc1ccccc1CCCN1CCC([C@H](O)C(N)=O)CC1. The van der Waals surface area contributed by atoms with Crippen molar-refractivity contribution in [3.63, 3.8) is 0 Å². The number of carbonyl (C=O) groups is 1. The molecule has 1 aliphatic rings. The largest absolute Gasteiger partial charge is 0.496 e. The molecule has 1 atom stereocenters. The fraction of sp³-hybridized carbons (Fsp3) is 0.588. The van der Waals surface area contributed by atoms with Gasteiger partial charge in [-0.1, -0.05) is 18.2 Å². The van der Waals surface area contributed by atoms with Crippen LogP contribution < -0.4 is 10.5 Å². The number of methoxy groups -OCH3 is 1. The number of likely N-dealkylation sites (tertiary alicyclic amines) is 1. The zero-order chi connectivity index (χ0) is 15.9. The van der Waals surface area contributed by atoms with Crippen LogP contribution in [0.3, 0.4) is 0 Å². The van der Waals surface area contributed by atoms with Crippen LogP contribution in [0.4, 0.5) is 0 Å². The van der Waals surface area contributed by atoms with Crippen LogP contribution >= 0.6 is 0 Å². The zero-order valence-electron chi connectivity index (χ0n) is 13.2. The van der Waals surface area contributed by atoms with Crippen molar-refractivity contribution in [2.45, 2.75) is 31.8 Å². The molecule has 0 aromatic heterocycles. The van der Waals surface area contributed by atoms with E-state index < -0.39 is 12.0 Å². The van der Waals surface area contributed by atoms with E-state index in [9.17, 15) is 9.90 Å². The molecule has 0 radical (unpaired) electrons. The second-order valence-corrected chi connectivity index (χ2v) is 5.94. The molecule has 1 heterocycles. The highest BCUT2D eigenvalue weighted by Gasteiger charge is 2.28. The van der Waals surface area contributed by atoms with Gasteiger partial charge in [-0.25, -0.2) is 0 Å². The topological polar surface area (TPSA) is 75.8 Å². The third kappa shape index (κ3) is 4.45. The van der Waals surface area contributed by atoms with Crippen LogP contribution in [0.1, 0.15) is 24.8 Å². The van der Waals surface area contributed by atoms with Crippen LogP contribution in [0.2, 0.25) is 0 Å². The molecule has 122 valence electrons. The van der Waals surface area contributed by atoms with Gasteiger partial charge >= 0.3 is 0 Å². The Bertz CT molecular complexity index is 485. The summed E-state index contributed by atoms with van der Waals surface area (Å²) in [6, 6.07) is 8.12. The first kappa shape index (κ1) is 16.8. The number of rotatable bonds is 7. The van der Waals surface area contributed by atoms with E-state index in [-0.39, 0.29) is 5.92 Å². The first-order valence-electron chi connectivity index (χ1n) is 7.93. The predicted molar refractivity (Wildman–Crippen MR) is 85.7 cm³/mol. The monoisotopic (exact) mass is 306 g/mol. The summed E-state index contributed by atoms with van der Waals surface area (Å²) in [5.41, 5.74) is 6.40. The quantitative estimate of drug-likeness (QED) is 0.793. The molecule has 0 bridgehead atoms. The smallest absolute Gasteiger partial charge is 0.246 e. The van der Waals surface area contributed by atoms with Crippen molar-refractivity contribution in [2.24, 2.45) is 11.7 Å². The number of nitrogens with two attached hydrogens (primary N) is 1. The van der Waals surface area contributed by atoms with Crippen LogP contribution in [-0.2, 0) is 11.2 Å². The molecule has 2 rings (SSSR count). The standard InChI is InChI=1S/C17H26N2O3/c1-22-15-7-3-2-5-13(15)6-4-10-19-11-8-14(9-12-19)16(20)17(18)21/h2-3,5,7,14,16,20H,4,6,8-12H2,1H3,(H2,18,21)/t16-/m0/s1. The fourth-order valence-corrected chi connectivity index (χ4v) is 3.13. The molecule has 1 saturated heterocycles. The van der Waals surface area contributed by atoms with Gasteiger partial charge in [-0.15, -0.1) is 0 Å². The summed E-state index contributed by atoms with van der Waals surface area (Å²) in [6.45, 7) is 2.86. The number of ether oxygens (including phenoxy) is 1. The number of aliphatic hydroxyl groups is 1. The van der Waals surface area contributed by atoms with Gasteiger partial charge in [0.05, 0.1) is 7.11 Å². The number of hydrogen-bond donors (Lipinski definition) is 2. The van der Waals surface area contributed by atoms with Crippen molar-refractivity contribution in [1.82, 2.24) is 4.90 Å². The summed E-state index contributed by atoms with van der Waals surface area (Å²) >= 11 is 0. The van der Waals surface area contributed by atoms with Crippen LogP contribution in [-0.4, -0.2) is 48.8 Å². The third-order valence-corrected chi connectivity index (χ3v) is 4.48. The molecule has 22 heavy (non-hydrogen) atoms. The highest BCUT2D eigenvalue weighted by molar-refractivity contribution is 5.78. The Labute approximate surface area is 132 Å². The molecule has 0 saturated carbocycles. The van der Waals surface area contributed by atoms with E-state index in [1.165, 1.54) is 5.56 Å².